The Morgan fingerprint density at radius 3 is 2.20 bits per heavy atom. The molecule has 5 rings (SSSR count). The van der Waals surface area contributed by atoms with Crippen LogP contribution in [0, 0.1) is 0 Å². The van der Waals surface area contributed by atoms with Crippen molar-refractivity contribution in [2.75, 3.05) is 7.11 Å². The molecule has 1 heterocycles. The van der Waals surface area contributed by atoms with Gasteiger partial charge in [-0.15, -0.1) is 0 Å². The summed E-state index contributed by atoms with van der Waals surface area (Å²) < 4.78 is 16.9. The smallest absolute Gasteiger partial charge is 0.337 e. The van der Waals surface area contributed by atoms with Gasteiger partial charge in [0.05, 0.1) is 18.8 Å². The molecular formula is C34H35NO5. The van der Waals surface area contributed by atoms with E-state index in [0.29, 0.717) is 36.3 Å². The Morgan fingerprint density at radius 2 is 1.55 bits per heavy atom. The summed E-state index contributed by atoms with van der Waals surface area (Å²) >= 11 is 0. The Labute approximate surface area is 235 Å². The summed E-state index contributed by atoms with van der Waals surface area (Å²) in [5, 5.41) is 3.41. The lowest BCUT2D eigenvalue weighted by Crippen LogP contribution is -2.36. The zero-order valence-electron chi connectivity index (χ0n) is 23.4. The van der Waals surface area contributed by atoms with Crippen LogP contribution in [0.4, 0.5) is 0 Å². The van der Waals surface area contributed by atoms with Crippen LogP contribution in [-0.4, -0.2) is 25.0 Å². The van der Waals surface area contributed by atoms with E-state index in [1.807, 2.05) is 99.6 Å². The third-order valence-electron chi connectivity index (χ3n) is 7.44. The number of rotatable bonds is 8. The lowest BCUT2D eigenvalue weighted by molar-refractivity contribution is -0.143. The number of methoxy groups -OCH3 is 1. The van der Waals surface area contributed by atoms with Crippen molar-refractivity contribution in [3.63, 3.8) is 0 Å². The number of hydrogen-bond acceptors (Lipinski definition) is 6. The fourth-order valence-electron chi connectivity index (χ4n) is 5.53. The van der Waals surface area contributed by atoms with Gasteiger partial charge in [0.1, 0.15) is 18.1 Å². The lowest BCUT2D eigenvalue weighted by Gasteiger charge is -2.37. The van der Waals surface area contributed by atoms with E-state index >= 15 is 0 Å². The first kappa shape index (κ1) is 27.3. The first-order valence-electron chi connectivity index (χ1n) is 13.7. The van der Waals surface area contributed by atoms with Gasteiger partial charge in [0.2, 0.25) is 0 Å². The molecule has 206 valence electrons. The highest BCUT2D eigenvalue weighted by molar-refractivity contribution is 6.04. The minimum absolute atomic E-state index is 0.0336. The Hall–Kier alpha value is -4.32. The van der Waals surface area contributed by atoms with Gasteiger partial charge in [-0.25, -0.2) is 4.79 Å². The van der Waals surface area contributed by atoms with Crippen molar-refractivity contribution in [2.24, 2.45) is 0 Å². The van der Waals surface area contributed by atoms with Gasteiger partial charge >= 0.3 is 5.97 Å². The minimum atomic E-state index is -0.519. The van der Waals surface area contributed by atoms with Crippen molar-refractivity contribution < 1.29 is 23.8 Å². The molecular weight excluding hydrogens is 502 g/mol. The van der Waals surface area contributed by atoms with E-state index in [-0.39, 0.29) is 17.8 Å². The Kier molecular flexibility index (Phi) is 8.06. The number of esters is 1. The molecule has 0 fully saturated rings. The molecule has 3 aromatic carbocycles. The second-order valence-corrected chi connectivity index (χ2v) is 10.6. The highest BCUT2D eigenvalue weighted by atomic mass is 16.5. The average molecular weight is 538 g/mol. The number of ether oxygens (including phenoxy) is 3. The fraction of sp³-hybridized carbons (Fsp3) is 0.294. The third kappa shape index (κ3) is 5.81. The van der Waals surface area contributed by atoms with Crippen molar-refractivity contribution in [1.29, 1.82) is 0 Å². The van der Waals surface area contributed by atoms with Gasteiger partial charge in [-0.05, 0) is 74.1 Å². The zero-order chi connectivity index (χ0) is 28.2. The van der Waals surface area contributed by atoms with Crippen molar-refractivity contribution in [3.05, 3.63) is 118 Å². The normalized spacial score (nSPS) is 18.8. The van der Waals surface area contributed by atoms with Crippen molar-refractivity contribution in [1.82, 2.24) is 5.32 Å². The average Bonchev–Trinajstić information content (AvgIpc) is 2.95. The van der Waals surface area contributed by atoms with E-state index in [1.54, 1.807) is 7.11 Å². The summed E-state index contributed by atoms with van der Waals surface area (Å²) in [5.41, 5.74) is 5.71. The molecule has 0 radical (unpaired) electrons. The quantitative estimate of drug-likeness (QED) is 0.327. The number of ketones is 1. The molecule has 6 nitrogen and oxygen atoms in total. The van der Waals surface area contributed by atoms with Gasteiger partial charge in [-0.2, -0.15) is 0 Å². The van der Waals surface area contributed by atoms with E-state index in [2.05, 4.69) is 5.32 Å². The first-order chi connectivity index (χ1) is 19.3. The molecule has 6 heteroatoms. The van der Waals surface area contributed by atoms with Crippen molar-refractivity contribution in [3.8, 4) is 11.5 Å². The summed E-state index contributed by atoms with van der Waals surface area (Å²) in [7, 11) is 1.64. The van der Waals surface area contributed by atoms with Gasteiger partial charge in [-0.3, -0.25) is 4.79 Å². The number of Topliss-reactive ketones (excluding diaryl/α,β-unsaturated/α-hetero) is 1. The molecule has 1 aliphatic heterocycles. The maximum atomic E-state index is 13.8. The van der Waals surface area contributed by atoms with Crippen LogP contribution in [0.2, 0.25) is 0 Å². The van der Waals surface area contributed by atoms with E-state index in [9.17, 15) is 9.59 Å². The topological polar surface area (TPSA) is 73.9 Å². The molecule has 0 bridgehead atoms. The maximum absolute atomic E-state index is 13.8. The van der Waals surface area contributed by atoms with E-state index < -0.39 is 11.9 Å². The molecule has 2 atom stereocenters. The second kappa shape index (κ2) is 11.8. The summed E-state index contributed by atoms with van der Waals surface area (Å²) in [6.45, 7) is 5.99. The largest absolute Gasteiger partial charge is 0.497 e. The molecule has 40 heavy (non-hydrogen) atoms. The van der Waals surface area contributed by atoms with Crippen LogP contribution < -0.4 is 14.8 Å². The number of carbonyl (C=O) groups is 2. The van der Waals surface area contributed by atoms with Crippen molar-refractivity contribution in [2.45, 2.75) is 58.2 Å². The molecule has 0 amide bonds. The monoisotopic (exact) mass is 537 g/mol. The van der Waals surface area contributed by atoms with E-state index in [0.717, 1.165) is 33.9 Å². The highest BCUT2D eigenvalue weighted by Crippen LogP contribution is 2.46. The van der Waals surface area contributed by atoms with Gasteiger partial charge in [0.25, 0.3) is 0 Å². The molecule has 0 aromatic heterocycles. The van der Waals surface area contributed by atoms with Crippen LogP contribution >= 0.6 is 0 Å². The van der Waals surface area contributed by atoms with Crippen LogP contribution in [-0.2, 0) is 20.9 Å². The lowest BCUT2D eigenvalue weighted by atomic mass is 9.71. The van der Waals surface area contributed by atoms with Gasteiger partial charge in [-0.1, -0.05) is 54.6 Å². The van der Waals surface area contributed by atoms with Crippen molar-refractivity contribution >= 4 is 11.8 Å². The number of benzene rings is 3. The van der Waals surface area contributed by atoms with Crippen LogP contribution in [0.5, 0.6) is 11.5 Å². The van der Waals surface area contributed by atoms with Crippen LogP contribution in [0.1, 0.15) is 62.1 Å². The number of nitrogens with one attached hydrogen (secondary N) is 1. The molecule has 3 aromatic rings. The molecule has 1 N–H and O–H groups in total. The molecule has 0 saturated carbocycles. The molecule has 2 aliphatic rings. The number of carbonyl (C=O) groups excluding carboxylic acids is 2. The molecule has 0 spiro atoms. The SMILES string of the molecule is COc1ccc([C@@H]2CC(=O)C3=C(C2)NC(C)=C(C(=O)OC(C)C)[C@H]3c2ccc(OCc3ccccc3)cc2)cc1. The Morgan fingerprint density at radius 1 is 0.900 bits per heavy atom. The fourth-order valence-corrected chi connectivity index (χ4v) is 5.53. The highest BCUT2D eigenvalue weighted by Gasteiger charge is 2.41. The van der Waals surface area contributed by atoms with E-state index in [1.165, 1.54) is 0 Å². The molecule has 0 saturated heterocycles. The minimum Gasteiger partial charge on any atom is -0.497 e. The van der Waals surface area contributed by atoms with Crippen LogP contribution in [0.3, 0.4) is 0 Å². The summed E-state index contributed by atoms with van der Waals surface area (Å²) in [6, 6.07) is 25.5. The zero-order valence-corrected chi connectivity index (χ0v) is 23.4. The number of allylic oxidation sites excluding steroid dienone is 3. The third-order valence-corrected chi connectivity index (χ3v) is 7.44. The number of hydrogen-bond donors (Lipinski definition) is 1. The Balaban J connectivity index is 1.47. The summed E-state index contributed by atoms with van der Waals surface area (Å²) in [6.07, 6.45) is 0.762. The number of dihydropyridines is 1. The van der Waals surface area contributed by atoms with Gasteiger partial charge in [0.15, 0.2) is 5.78 Å². The standard InChI is InChI=1S/C34H35NO5/c1-21(2)40-34(37)31-22(3)35-29-18-26(24-10-14-27(38-4)15-11-24)19-30(36)33(29)32(31)25-12-16-28(17-13-25)39-20-23-8-6-5-7-9-23/h5-17,21,26,32,35H,18-20H2,1-4H3/t26-,32+/m0/s1. The summed E-state index contributed by atoms with van der Waals surface area (Å²) in [4.78, 5) is 27.2. The van der Waals surface area contributed by atoms with Crippen LogP contribution in [0.15, 0.2) is 101 Å². The molecule has 1 aliphatic carbocycles. The van der Waals surface area contributed by atoms with E-state index in [4.69, 9.17) is 14.2 Å². The predicted octanol–water partition coefficient (Wildman–Crippen LogP) is 6.59. The first-order valence-corrected chi connectivity index (χ1v) is 13.7. The second-order valence-electron chi connectivity index (χ2n) is 10.6. The van der Waals surface area contributed by atoms with Gasteiger partial charge < -0.3 is 19.5 Å². The maximum Gasteiger partial charge on any atom is 0.337 e. The van der Waals surface area contributed by atoms with Crippen LogP contribution in [0.25, 0.3) is 0 Å². The Bertz CT molecular complexity index is 1440. The molecule has 0 unspecified atom stereocenters. The summed E-state index contributed by atoms with van der Waals surface area (Å²) in [5.74, 6) is 0.644. The predicted molar refractivity (Wildman–Crippen MR) is 154 cm³/mol. The van der Waals surface area contributed by atoms with Gasteiger partial charge in [0, 0.05) is 29.3 Å².